The fourth-order valence-corrected chi connectivity index (χ4v) is 3.55. The van der Waals surface area contributed by atoms with Crippen LogP contribution in [0.15, 0.2) is 24.4 Å². The van der Waals surface area contributed by atoms with Crippen LogP contribution in [0, 0.1) is 5.92 Å². The van der Waals surface area contributed by atoms with Crippen molar-refractivity contribution in [3.8, 4) is 5.75 Å². The molecule has 1 aliphatic rings. The van der Waals surface area contributed by atoms with E-state index in [0.29, 0.717) is 16.3 Å². The van der Waals surface area contributed by atoms with Crippen molar-refractivity contribution in [1.82, 2.24) is 4.98 Å². The van der Waals surface area contributed by atoms with Gasteiger partial charge in [-0.25, -0.2) is 0 Å². The van der Waals surface area contributed by atoms with E-state index in [4.69, 9.17) is 11.6 Å². The summed E-state index contributed by atoms with van der Waals surface area (Å²) in [6.07, 6.45) is 10.5. The highest BCUT2D eigenvalue weighted by molar-refractivity contribution is 6.35. The van der Waals surface area contributed by atoms with Crippen LogP contribution >= 0.6 is 11.6 Å². The van der Waals surface area contributed by atoms with Gasteiger partial charge in [-0.2, -0.15) is 0 Å². The predicted octanol–water partition coefficient (Wildman–Crippen LogP) is 5.11. The second-order valence-corrected chi connectivity index (χ2v) is 6.22. The van der Waals surface area contributed by atoms with Gasteiger partial charge in [0.25, 0.3) is 0 Å². The molecule has 0 saturated heterocycles. The Bertz CT molecular complexity index is 605. The molecule has 1 aliphatic carbocycles. The molecule has 2 aromatic rings. The van der Waals surface area contributed by atoms with E-state index in [0.717, 1.165) is 29.7 Å². The van der Waals surface area contributed by atoms with Gasteiger partial charge in [0.05, 0.1) is 5.02 Å². The first-order valence-corrected chi connectivity index (χ1v) is 7.88. The van der Waals surface area contributed by atoms with Crippen molar-refractivity contribution in [1.29, 1.82) is 0 Å². The number of halogens is 1. The normalized spacial score (nSPS) is 16.6. The van der Waals surface area contributed by atoms with Gasteiger partial charge in [0, 0.05) is 11.6 Å². The number of hydrogen-bond donors (Lipinski definition) is 1. The molecule has 0 radical (unpaired) electrons. The molecule has 1 saturated carbocycles. The average molecular weight is 290 g/mol. The number of rotatable bonds is 3. The van der Waals surface area contributed by atoms with Crippen molar-refractivity contribution in [3.63, 3.8) is 0 Å². The average Bonchev–Trinajstić information content (AvgIpc) is 2.50. The largest absolute Gasteiger partial charge is 0.505 e. The fraction of sp³-hybridized carbons (Fsp3) is 0.471. The summed E-state index contributed by atoms with van der Waals surface area (Å²) in [4.78, 5) is 4.26. The molecule has 20 heavy (non-hydrogen) atoms. The Morgan fingerprint density at radius 3 is 2.85 bits per heavy atom. The molecule has 0 amide bonds. The zero-order valence-electron chi connectivity index (χ0n) is 11.6. The SMILES string of the molecule is Oc1c(CCC2CCCCC2)cc(Cl)c2cccnc12. The number of hydrogen-bond acceptors (Lipinski definition) is 2. The van der Waals surface area contributed by atoms with Crippen molar-refractivity contribution in [2.75, 3.05) is 0 Å². The van der Waals surface area contributed by atoms with Gasteiger partial charge in [0.15, 0.2) is 0 Å². The molecular formula is C17H20ClNO. The molecule has 106 valence electrons. The van der Waals surface area contributed by atoms with E-state index in [1.54, 1.807) is 6.20 Å². The number of benzene rings is 1. The lowest BCUT2D eigenvalue weighted by Gasteiger charge is -2.21. The summed E-state index contributed by atoms with van der Waals surface area (Å²) in [5.41, 5.74) is 1.56. The van der Waals surface area contributed by atoms with E-state index in [-0.39, 0.29) is 0 Å². The summed E-state index contributed by atoms with van der Waals surface area (Å²) in [7, 11) is 0. The summed E-state index contributed by atoms with van der Waals surface area (Å²) >= 11 is 6.30. The first-order valence-electron chi connectivity index (χ1n) is 7.51. The van der Waals surface area contributed by atoms with E-state index in [1.165, 1.54) is 32.1 Å². The van der Waals surface area contributed by atoms with Crippen molar-refractivity contribution < 1.29 is 5.11 Å². The summed E-state index contributed by atoms with van der Waals surface area (Å²) in [6, 6.07) is 5.65. The lowest BCUT2D eigenvalue weighted by atomic mass is 9.85. The number of aromatic nitrogens is 1. The number of nitrogens with zero attached hydrogens (tertiary/aromatic N) is 1. The summed E-state index contributed by atoms with van der Waals surface area (Å²) in [5, 5.41) is 11.9. The van der Waals surface area contributed by atoms with Crippen LogP contribution in [0.2, 0.25) is 5.02 Å². The summed E-state index contributed by atoms with van der Waals surface area (Å²) in [6.45, 7) is 0. The Hall–Kier alpha value is -1.28. The molecule has 1 N–H and O–H groups in total. The van der Waals surface area contributed by atoms with Crippen LogP contribution in [0.3, 0.4) is 0 Å². The highest BCUT2D eigenvalue weighted by atomic mass is 35.5. The molecule has 1 aromatic heterocycles. The first kappa shape index (κ1) is 13.7. The van der Waals surface area contributed by atoms with Crippen molar-refractivity contribution in [2.24, 2.45) is 5.92 Å². The number of aromatic hydroxyl groups is 1. The third-order valence-corrected chi connectivity index (χ3v) is 4.75. The molecule has 1 aromatic carbocycles. The van der Waals surface area contributed by atoms with Crippen LogP contribution in [0.1, 0.15) is 44.1 Å². The molecule has 0 spiro atoms. The molecule has 0 unspecified atom stereocenters. The zero-order valence-corrected chi connectivity index (χ0v) is 12.4. The number of phenolic OH excluding ortho intramolecular Hbond substituents is 1. The Kier molecular flexibility index (Phi) is 4.11. The van der Waals surface area contributed by atoms with Crippen LogP contribution in [0.25, 0.3) is 10.9 Å². The van der Waals surface area contributed by atoms with E-state index in [1.807, 2.05) is 18.2 Å². The molecule has 0 aliphatic heterocycles. The summed E-state index contributed by atoms with van der Waals surface area (Å²) in [5.74, 6) is 1.11. The minimum absolute atomic E-state index is 0.306. The minimum atomic E-state index is 0.306. The van der Waals surface area contributed by atoms with Gasteiger partial charge >= 0.3 is 0 Å². The third-order valence-electron chi connectivity index (χ3n) is 4.44. The van der Waals surface area contributed by atoms with Crippen LogP contribution < -0.4 is 0 Å². The van der Waals surface area contributed by atoms with Crippen LogP contribution in [-0.4, -0.2) is 10.1 Å². The standard InChI is InChI=1S/C17H20ClNO/c18-15-11-13(9-8-12-5-2-1-3-6-12)17(20)16-14(15)7-4-10-19-16/h4,7,10-12,20H,1-3,5-6,8-9H2. The van der Waals surface area contributed by atoms with E-state index < -0.39 is 0 Å². The number of phenols is 1. The molecular weight excluding hydrogens is 270 g/mol. The Morgan fingerprint density at radius 1 is 1.25 bits per heavy atom. The lowest BCUT2D eigenvalue weighted by Crippen LogP contribution is -2.07. The number of aryl methyl sites for hydroxylation is 1. The molecule has 1 fully saturated rings. The number of pyridine rings is 1. The van der Waals surface area contributed by atoms with E-state index in [2.05, 4.69) is 4.98 Å². The topological polar surface area (TPSA) is 33.1 Å². The second-order valence-electron chi connectivity index (χ2n) is 5.81. The van der Waals surface area contributed by atoms with Gasteiger partial charge in [0.1, 0.15) is 11.3 Å². The molecule has 1 heterocycles. The highest BCUT2D eigenvalue weighted by Gasteiger charge is 2.16. The van der Waals surface area contributed by atoms with Gasteiger partial charge in [-0.3, -0.25) is 4.98 Å². The molecule has 3 heteroatoms. The Morgan fingerprint density at radius 2 is 2.05 bits per heavy atom. The van der Waals surface area contributed by atoms with Crippen molar-refractivity contribution in [2.45, 2.75) is 44.9 Å². The van der Waals surface area contributed by atoms with Crippen molar-refractivity contribution in [3.05, 3.63) is 35.0 Å². The van der Waals surface area contributed by atoms with Crippen molar-refractivity contribution >= 4 is 22.5 Å². The summed E-state index contributed by atoms with van der Waals surface area (Å²) < 4.78 is 0. The van der Waals surface area contributed by atoms with Crippen LogP contribution in [-0.2, 0) is 6.42 Å². The van der Waals surface area contributed by atoms with E-state index in [9.17, 15) is 5.11 Å². The second kappa shape index (κ2) is 6.01. The van der Waals surface area contributed by atoms with Gasteiger partial charge < -0.3 is 5.11 Å². The molecule has 3 rings (SSSR count). The fourth-order valence-electron chi connectivity index (χ4n) is 3.26. The maximum absolute atomic E-state index is 10.4. The minimum Gasteiger partial charge on any atom is -0.505 e. The van der Waals surface area contributed by atoms with Crippen LogP contribution in [0.5, 0.6) is 5.75 Å². The maximum atomic E-state index is 10.4. The quantitative estimate of drug-likeness (QED) is 0.852. The molecule has 0 atom stereocenters. The van der Waals surface area contributed by atoms with Gasteiger partial charge in [-0.05, 0) is 42.5 Å². The number of fused-ring (bicyclic) bond motifs is 1. The predicted molar refractivity (Wildman–Crippen MR) is 83.3 cm³/mol. The van der Waals surface area contributed by atoms with Crippen LogP contribution in [0.4, 0.5) is 0 Å². The first-order chi connectivity index (χ1) is 9.75. The van der Waals surface area contributed by atoms with E-state index >= 15 is 0 Å². The highest BCUT2D eigenvalue weighted by Crippen LogP contribution is 2.35. The third kappa shape index (κ3) is 2.76. The zero-order chi connectivity index (χ0) is 13.9. The lowest BCUT2D eigenvalue weighted by molar-refractivity contribution is 0.338. The monoisotopic (exact) mass is 289 g/mol. The van der Waals surface area contributed by atoms with Gasteiger partial charge in [0.2, 0.25) is 0 Å². The Labute approximate surface area is 124 Å². The van der Waals surface area contributed by atoms with Gasteiger partial charge in [-0.15, -0.1) is 0 Å². The molecule has 2 nitrogen and oxygen atoms in total. The maximum Gasteiger partial charge on any atom is 0.145 e. The molecule has 0 bridgehead atoms. The van der Waals surface area contributed by atoms with Gasteiger partial charge in [-0.1, -0.05) is 43.7 Å². The Balaban J connectivity index is 1.82. The smallest absolute Gasteiger partial charge is 0.145 e.